The fourth-order valence-corrected chi connectivity index (χ4v) is 2.16. The van der Waals surface area contributed by atoms with Gasteiger partial charge >= 0.3 is 11.7 Å². The van der Waals surface area contributed by atoms with E-state index in [4.69, 9.17) is 16.3 Å². The molecule has 0 amide bonds. The van der Waals surface area contributed by atoms with Gasteiger partial charge in [-0.15, -0.1) is 0 Å². The van der Waals surface area contributed by atoms with E-state index in [1.54, 1.807) is 25.1 Å². The number of aromatic nitrogens is 1. The lowest BCUT2D eigenvalue weighted by molar-refractivity contribution is -0.384. The molecular formula is C15H14ClN3O4. The molecule has 1 heterocycles. The van der Waals surface area contributed by atoms with E-state index in [0.717, 1.165) is 0 Å². The zero-order valence-electron chi connectivity index (χ0n) is 12.3. The average molecular weight is 336 g/mol. The lowest BCUT2D eigenvalue weighted by atomic mass is 10.1. The fraction of sp³-hybridized carbons (Fsp3) is 0.200. The molecule has 0 aliphatic carbocycles. The minimum Gasteiger partial charge on any atom is -0.466 e. The minimum absolute atomic E-state index is 0.0662. The number of ether oxygens (including phenoxy) is 1. The number of carbonyl (C=O) groups is 1. The smallest absolute Gasteiger partial charge is 0.311 e. The SMILES string of the molecule is CCOC(=O)Cc1ccc(Nc2ncccc2[N+](=O)[O-])cc1Cl. The predicted molar refractivity (Wildman–Crippen MR) is 86.0 cm³/mol. The van der Waals surface area contributed by atoms with E-state index in [1.165, 1.54) is 18.3 Å². The standard InChI is InChI=1S/C15H14ClN3O4/c1-2-23-14(20)8-10-5-6-11(9-12(10)16)18-15-13(19(21)22)4-3-7-17-15/h3-7,9H,2,8H2,1H3,(H,17,18). The molecule has 0 radical (unpaired) electrons. The van der Waals surface area contributed by atoms with Gasteiger partial charge < -0.3 is 10.1 Å². The third-order valence-electron chi connectivity index (χ3n) is 2.94. The molecule has 1 aromatic carbocycles. The van der Waals surface area contributed by atoms with E-state index in [2.05, 4.69) is 10.3 Å². The predicted octanol–water partition coefficient (Wildman–Crippen LogP) is 3.49. The van der Waals surface area contributed by atoms with Crippen LogP contribution in [0.4, 0.5) is 17.2 Å². The quantitative estimate of drug-likeness (QED) is 0.493. The summed E-state index contributed by atoms with van der Waals surface area (Å²) < 4.78 is 4.87. The highest BCUT2D eigenvalue weighted by Gasteiger charge is 2.15. The zero-order chi connectivity index (χ0) is 16.8. The van der Waals surface area contributed by atoms with Crippen molar-refractivity contribution >= 4 is 34.8 Å². The maximum atomic E-state index is 11.5. The number of rotatable bonds is 6. The van der Waals surface area contributed by atoms with Crippen molar-refractivity contribution < 1.29 is 14.5 Å². The largest absolute Gasteiger partial charge is 0.466 e. The third-order valence-corrected chi connectivity index (χ3v) is 3.29. The summed E-state index contributed by atoms with van der Waals surface area (Å²) in [5.74, 6) is -0.248. The monoisotopic (exact) mass is 335 g/mol. The van der Waals surface area contributed by atoms with Gasteiger partial charge in [-0.25, -0.2) is 4.98 Å². The first-order valence-electron chi connectivity index (χ1n) is 6.81. The first-order valence-corrected chi connectivity index (χ1v) is 7.19. The van der Waals surface area contributed by atoms with E-state index >= 15 is 0 Å². The number of nitro groups is 1. The maximum absolute atomic E-state index is 11.5. The molecule has 0 saturated carbocycles. The number of anilines is 2. The number of carbonyl (C=O) groups excluding carboxylic acids is 1. The zero-order valence-corrected chi connectivity index (χ0v) is 13.0. The summed E-state index contributed by atoms with van der Waals surface area (Å²) >= 11 is 6.14. The second kappa shape index (κ2) is 7.55. The van der Waals surface area contributed by atoms with E-state index < -0.39 is 4.92 Å². The average Bonchev–Trinajstić information content (AvgIpc) is 2.50. The first kappa shape index (κ1) is 16.7. The van der Waals surface area contributed by atoms with Gasteiger partial charge in [-0.3, -0.25) is 14.9 Å². The Balaban J connectivity index is 2.18. The summed E-state index contributed by atoms with van der Waals surface area (Å²) in [4.78, 5) is 25.9. The Labute approximate surface area is 137 Å². The van der Waals surface area contributed by atoms with E-state index in [9.17, 15) is 14.9 Å². The Morgan fingerprint density at radius 2 is 2.22 bits per heavy atom. The van der Waals surface area contributed by atoms with Gasteiger partial charge in [-0.2, -0.15) is 0 Å². The highest BCUT2D eigenvalue weighted by atomic mass is 35.5. The molecule has 1 N–H and O–H groups in total. The molecule has 2 aromatic rings. The molecule has 2 rings (SSSR count). The highest BCUT2D eigenvalue weighted by Crippen LogP contribution is 2.27. The van der Waals surface area contributed by atoms with Gasteiger partial charge in [0.05, 0.1) is 18.0 Å². The van der Waals surface area contributed by atoms with Crippen LogP contribution < -0.4 is 5.32 Å². The normalized spacial score (nSPS) is 10.2. The van der Waals surface area contributed by atoms with Crippen molar-refractivity contribution in [3.63, 3.8) is 0 Å². The number of nitrogens with zero attached hydrogens (tertiary/aromatic N) is 2. The van der Waals surface area contributed by atoms with Crippen molar-refractivity contribution in [2.75, 3.05) is 11.9 Å². The molecule has 0 fully saturated rings. The second-order valence-corrected chi connectivity index (χ2v) is 4.95. The van der Waals surface area contributed by atoms with E-state index in [0.29, 0.717) is 22.9 Å². The first-order chi connectivity index (χ1) is 11.0. The molecular weight excluding hydrogens is 322 g/mol. The van der Waals surface area contributed by atoms with Crippen LogP contribution in [0.3, 0.4) is 0 Å². The molecule has 0 saturated heterocycles. The van der Waals surface area contributed by atoms with Crippen molar-refractivity contribution in [1.29, 1.82) is 0 Å². The van der Waals surface area contributed by atoms with Crippen LogP contribution in [-0.4, -0.2) is 22.5 Å². The lowest BCUT2D eigenvalue weighted by Gasteiger charge is -2.09. The molecule has 0 unspecified atom stereocenters. The van der Waals surface area contributed by atoms with Crippen LogP contribution in [0.2, 0.25) is 5.02 Å². The second-order valence-electron chi connectivity index (χ2n) is 4.54. The van der Waals surface area contributed by atoms with Crippen molar-refractivity contribution in [3.05, 3.63) is 57.2 Å². The number of benzene rings is 1. The van der Waals surface area contributed by atoms with E-state index in [-0.39, 0.29) is 23.9 Å². The Bertz CT molecular complexity index is 736. The highest BCUT2D eigenvalue weighted by molar-refractivity contribution is 6.31. The summed E-state index contributed by atoms with van der Waals surface area (Å²) in [6, 6.07) is 7.74. The van der Waals surface area contributed by atoms with Crippen LogP contribution in [0.5, 0.6) is 0 Å². The van der Waals surface area contributed by atoms with Crippen LogP contribution in [-0.2, 0) is 16.0 Å². The number of hydrogen-bond donors (Lipinski definition) is 1. The number of pyridine rings is 1. The molecule has 0 bridgehead atoms. The molecule has 8 heteroatoms. The van der Waals surface area contributed by atoms with Gasteiger partial charge in [0.2, 0.25) is 5.82 Å². The number of hydrogen-bond acceptors (Lipinski definition) is 6. The van der Waals surface area contributed by atoms with Crippen LogP contribution in [0.1, 0.15) is 12.5 Å². The summed E-state index contributed by atoms with van der Waals surface area (Å²) in [5, 5.41) is 14.2. The maximum Gasteiger partial charge on any atom is 0.311 e. The van der Waals surface area contributed by atoms with Crippen molar-refractivity contribution in [2.24, 2.45) is 0 Å². The number of halogens is 1. The van der Waals surface area contributed by atoms with Crippen LogP contribution >= 0.6 is 11.6 Å². The van der Waals surface area contributed by atoms with Gasteiger partial charge in [0.1, 0.15) is 0 Å². The molecule has 0 aliphatic rings. The minimum atomic E-state index is -0.522. The van der Waals surface area contributed by atoms with Crippen molar-refractivity contribution in [3.8, 4) is 0 Å². The van der Waals surface area contributed by atoms with E-state index in [1.807, 2.05) is 0 Å². The Morgan fingerprint density at radius 3 is 2.87 bits per heavy atom. The summed E-state index contributed by atoms with van der Waals surface area (Å²) in [6.07, 6.45) is 1.52. The topological polar surface area (TPSA) is 94.4 Å². The summed E-state index contributed by atoms with van der Waals surface area (Å²) in [6.45, 7) is 2.03. The van der Waals surface area contributed by atoms with Gasteiger partial charge in [0.25, 0.3) is 0 Å². The van der Waals surface area contributed by atoms with Gasteiger partial charge in [-0.1, -0.05) is 17.7 Å². The van der Waals surface area contributed by atoms with Crippen LogP contribution in [0.25, 0.3) is 0 Å². The summed E-state index contributed by atoms with van der Waals surface area (Å²) in [7, 11) is 0. The summed E-state index contributed by atoms with van der Waals surface area (Å²) in [5.41, 5.74) is 1.01. The van der Waals surface area contributed by atoms with Crippen molar-refractivity contribution in [2.45, 2.75) is 13.3 Å². The number of esters is 1. The number of nitrogens with one attached hydrogen (secondary N) is 1. The Kier molecular flexibility index (Phi) is 5.48. The van der Waals surface area contributed by atoms with Gasteiger partial charge in [-0.05, 0) is 30.7 Å². The molecule has 120 valence electrons. The van der Waals surface area contributed by atoms with Crippen LogP contribution in [0, 0.1) is 10.1 Å². The van der Waals surface area contributed by atoms with Gasteiger partial charge in [0, 0.05) is 23.0 Å². The fourth-order valence-electron chi connectivity index (χ4n) is 1.91. The Hall–Kier alpha value is -2.67. The van der Waals surface area contributed by atoms with Crippen molar-refractivity contribution in [1.82, 2.24) is 4.98 Å². The van der Waals surface area contributed by atoms with Gasteiger partial charge in [0.15, 0.2) is 0 Å². The molecule has 1 aromatic heterocycles. The molecule has 0 spiro atoms. The molecule has 7 nitrogen and oxygen atoms in total. The Morgan fingerprint density at radius 1 is 1.43 bits per heavy atom. The molecule has 0 atom stereocenters. The molecule has 23 heavy (non-hydrogen) atoms. The third kappa shape index (κ3) is 4.40. The molecule has 0 aliphatic heterocycles. The van der Waals surface area contributed by atoms with Crippen LogP contribution in [0.15, 0.2) is 36.5 Å². The lowest BCUT2D eigenvalue weighted by Crippen LogP contribution is -2.08.